The van der Waals surface area contributed by atoms with E-state index in [0.29, 0.717) is 30.4 Å². The predicted molar refractivity (Wildman–Crippen MR) is 104 cm³/mol. The highest BCUT2D eigenvalue weighted by Gasteiger charge is 2.34. The van der Waals surface area contributed by atoms with Gasteiger partial charge in [0.2, 0.25) is 11.8 Å². The fourth-order valence-corrected chi connectivity index (χ4v) is 3.64. The van der Waals surface area contributed by atoms with E-state index in [1.807, 2.05) is 60.4 Å². The standard InChI is InChI=1S/C22H23N3O2/c1-15-20(24-22(27-15)17-10-6-3-7-11-17)12-21(26)25-13-18(19(23)14-25)16-8-4-2-5-9-16/h2-11,18-19H,12-14,23H2,1H3/t18-,19+/m0/s1. The first-order chi connectivity index (χ1) is 13.1. The molecule has 2 aromatic carbocycles. The van der Waals surface area contributed by atoms with Gasteiger partial charge in [-0.15, -0.1) is 0 Å². The van der Waals surface area contributed by atoms with Crippen LogP contribution >= 0.6 is 0 Å². The van der Waals surface area contributed by atoms with Gasteiger partial charge in [-0.1, -0.05) is 48.5 Å². The Balaban J connectivity index is 1.46. The van der Waals surface area contributed by atoms with Crippen molar-refractivity contribution in [1.29, 1.82) is 0 Å². The van der Waals surface area contributed by atoms with E-state index in [9.17, 15) is 4.79 Å². The number of nitrogens with two attached hydrogens (primary N) is 1. The van der Waals surface area contributed by atoms with Gasteiger partial charge in [0.05, 0.1) is 12.1 Å². The fraction of sp³-hybridized carbons (Fsp3) is 0.273. The molecule has 0 spiro atoms. The summed E-state index contributed by atoms with van der Waals surface area (Å²) >= 11 is 0. The van der Waals surface area contributed by atoms with Crippen molar-refractivity contribution < 1.29 is 9.21 Å². The maximum absolute atomic E-state index is 12.8. The predicted octanol–water partition coefficient (Wildman–Crippen LogP) is 3.15. The van der Waals surface area contributed by atoms with Crippen LogP contribution in [-0.2, 0) is 11.2 Å². The molecular weight excluding hydrogens is 338 g/mol. The third kappa shape index (κ3) is 3.64. The molecule has 5 heteroatoms. The molecule has 0 saturated carbocycles. The second kappa shape index (κ2) is 7.37. The van der Waals surface area contributed by atoms with Crippen molar-refractivity contribution in [2.75, 3.05) is 13.1 Å². The molecule has 1 saturated heterocycles. The number of hydrogen-bond donors (Lipinski definition) is 1. The molecule has 5 nitrogen and oxygen atoms in total. The van der Waals surface area contributed by atoms with Gasteiger partial charge in [-0.2, -0.15) is 0 Å². The van der Waals surface area contributed by atoms with Crippen LogP contribution in [0.3, 0.4) is 0 Å². The van der Waals surface area contributed by atoms with Crippen molar-refractivity contribution in [3.8, 4) is 11.5 Å². The molecule has 0 unspecified atom stereocenters. The summed E-state index contributed by atoms with van der Waals surface area (Å²) in [5.41, 5.74) is 9.10. The minimum Gasteiger partial charge on any atom is -0.441 e. The Kier molecular flexibility index (Phi) is 4.77. The first-order valence-corrected chi connectivity index (χ1v) is 9.22. The van der Waals surface area contributed by atoms with Gasteiger partial charge in [0.25, 0.3) is 0 Å². The Morgan fingerprint density at radius 1 is 1.11 bits per heavy atom. The van der Waals surface area contributed by atoms with Gasteiger partial charge in [0.15, 0.2) is 0 Å². The molecule has 138 valence electrons. The molecule has 4 rings (SSSR count). The van der Waals surface area contributed by atoms with Crippen LogP contribution in [0.2, 0.25) is 0 Å². The average molecular weight is 361 g/mol. The molecular formula is C22H23N3O2. The molecule has 2 heterocycles. The quantitative estimate of drug-likeness (QED) is 0.775. The molecule has 1 amide bonds. The van der Waals surface area contributed by atoms with Crippen LogP contribution in [-0.4, -0.2) is 34.9 Å². The number of carbonyl (C=O) groups excluding carboxylic acids is 1. The number of amides is 1. The second-order valence-electron chi connectivity index (χ2n) is 7.04. The van der Waals surface area contributed by atoms with Crippen LogP contribution in [0.25, 0.3) is 11.5 Å². The normalized spacial score (nSPS) is 19.4. The van der Waals surface area contributed by atoms with Crippen molar-refractivity contribution in [1.82, 2.24) is 9.88 Å². The Bertz CT molecular complexity index is 921. The molecule has 0 bridgehead atoms. The third-order valence-electron chi connectivity index (χ3n) is 5.18. The Labute approximate surface area is 158 Å². The second-order valence-corrected chi connectivity index (χ2v) is 7.04. The SMILES string of the molecule is Cc1oc(-c2ccccc2)nc1CC(=O)N1C[C@@H](N)[C@H](c2ccccc2)C1. The zero-order chi connectivity index (χ0) is 18.8. The lowest BCUT2D eigenvalue weighted by atomic mass is 9.95. The summed E-state index contributed by atoms with van der Waals surface area (Å²) in [5, 5.41) is 0. The molecule has 2 N–H and O–H groups in total. The number of aromatic nitrogens is 1. The van der Waals surface area contributed by atoms with E-state index in [2.05, 4.69) is 17.1 Å². The van der Waals surface area contributed by atoms with Gasteiger partial charge < -0.3 is 15.1 Å². The zero-order valence-electron chi connectivity index (χ0n) is 15.3. The van der Waals surface area contributed by atoms with Gasteiger partial charge in [-0.25, -0.2) is 4.98 Å². The number of oxazole rings is 1. The number of aryl methyl sites for hydroxylation is 1. The van der Waals surface area contributed by atoms with Crippen LogP contribution < -0.4 is 5.73 Å². The number of likely N-dealkylation sites (tertiary alicyclic amines) is 1. The Morgan fingerprint density at radius 3 is 2.48 bits per heavy atom. The van der Waals surface area contributed by atoms with Crippen molar-refractivity contribution >= 4 is 5.91 Å². The molecule has 1 aliphatic rings. The van der Waals surface area contributed by atoms with Gasteiger partial charge in [0, 0.05) is 30.6 Å². The number of nitrogens with zero attached hydrogens (tertiary/aromatic N) is 2. The van der Waals surface area contributed by atoms with E-state index in [0.717, 1.165) is 5.56 Å². The van der Waals surface area contributed by atoms with Crippen molar-refractivity contribution in [2.24, 2.45) is 5.73 Å². The summed E-state index contributed by atoms with van der Waals surface area (Å²) in [4.78, 5) is 19.2. The van der Waals surface area contributed by atoms with Gasteiger partial charge >= 0.3 is 0 Å². The maximum atomic E-state index is 12.8. The van der Waals surface area contributed by atoms with E-state index in [-0.39, 0.29) is 24.3 Å². The first-order valence-electron chi connectivity index (χ1n) is 9.22. The highest BCUT2D eigenvalue weighted by molar-refractivity contribution is 5.79. The minimum atomic E-state index is -0.0466. The van der Waals surface area contributed by atoms with Gasteiger partial charge in [-0.05, 0) is 24.6 Å². The Hall–Kier alpha value is -2.92. The molecule has 1 aromatic heterocycles. The smallest absolute Gasteiger partial charge is 0.228 e. The lowest BCUT2D eigenvalue weighted by Gasteiger charge is -2.16. The molecule has 0 aliphatic carbocycles. The molecule has 1 fully saturated rings. The van der Waals surface area contributed by atoms with Crippen LogP contribution in [0.4, 0.5) is 0 Å². The van der Waals surface area contributed by atoms with E-state index in [1.165, 1.54) is 5.56 Å². The zero-order valence-corrected chi connectivity index (χ0v) is 15.3. The highest BCUT2D eigenvalue weighted by Crippen LogP contribution is 2.27. The first kappa shape index (κ1) is 17.5. The molecule has 27 heavy (non-hydrogen) atoms. The minimum absolute atomic E-state index is 0.0416. The highest BCUT2D eigenvalue weighted by atomic mass is 16.4. The summed E-state index contributed by atoms with van der Waals surface area (Å²) in [6.07, 6.45) is 0.233. The van der Waals surface area contributed by atoms with Crippen molar-refractivity contribution in [3.63, 3.8) is 0 Å². The topological polar surface area (TPSA) is 72.4 Å². The van der Waals surface area contributed by atoms with Crippen molar-refractivity contribution in [2.45, 2.75) is 25.3 Å². The lowest BCUT2D eigenvalue weighted by molar-refractivity contribution is -0.129. The summed E-state index contributed by atoms with van der Waals surface area (Å²) in [6.45, 7) is 3.07. The van der Waals surface area contributed by atoms with E-state index < -0.39 is 0 Å². The van der Waals surface area contributed by atoms with E-state index in [4.69, 9.17) is 10.2 Å². The number of rotatable bonds is 4. The molecule has 0 radical (unpaired) electrons. The molecule has 2 atom stereocenters. The summed E-state index contributed by atoms with van der Waals surface area (Å²) in [7, 11) is 0. The Morgan fingerprint density at radius 2 is 1.78 bits per heavy atom. The summed E-state index contributed by atoms with van der Waals surface area (Å²) in [6, 6.07) is 19.8. The van der Waals surface area contributed by atoms with Crippen LogP contribution in [0, 0.1) is 6.92 Å². The fourth-order valence-electron chi connectivity index (χ4n) is 3.64. The summed E-state index contributed by atoms with van der Waals surface area (Å²) in [5.74, 6) is 1.45. The average Bonchev–Trinajstić information content (AvgIpc) is 3.26. The molecule has 3 aromatic rings. The van der Waals surface area contributed by atoms with Crippen molar-refractivity contribution in [3.05, 3.63) is 77.7 Å². The van der Waals surface area contributed by atoms with E-state index >= 15 is 0 Å². The van der Waals surface area contributed by atoms with Gasteiger partial charge in [0.1, 0.15) is 5.76 Å². The van der Waals surface area contributed by atoms with Crippen LogP contribution in [0.5, 0.6) is 0 Å². The number of benzene rings is 2. The van der Waals surface area contributed by atoms with Gasteiger partial charge in [-0.3, -0.25) is 4.79 Å². The lowest BCUT2D eigenvalue weighted by Crippen LogP contribution is -2.33. The van der Waals surface area contributed by atoms with Crippen LogP contribution in [0.15, 0.2) is 65.1 Å². The largest absolute Gasteiger partial charge is 0.441 e. The monoisotopic (exact) mass is 361 g/mol. The third-order valence-corrected chi connectivity index (χ3v) is 5.18. The number of carbonyl (C=O) groups is 1. The van der Waals surface area contributed by atoms with E-state index in [1.54, 1.807) is 0 Å². The maximum Gasteiger partial charge on any atom is 0.228 e. The molecule has 1 aliphatic heterocycles. The van der Waals surface area contributed by atoms with Crippen LogP contribution in [0.1, 0.15) is 22.9 Å². The number of hydrogen-bond acceptors (Lipinski definition) is 4. The summed E-state index contributed by atoms with van der Waals surface area (Å²) < 4.78 is 5.77.